The number of aromatic nitrogens is 2. The highest BCUT2D eigenvalue weighted by atomic mass is 19.1. The molecule has 35 heavy (non-hydrogen) atoms. The van der Waals surface area contributed by atoms with Gasteiger partial charge < -0.3 is 14.4 Å². The summed E-state index contributed by atoms with van der Waals surface area (Å²) in [5.74, 6) is 1.05. The molecule has 0 amide bonds. The van der Waals surface area contributed by atoms with Crippen molar-refractivity contribution in [2.24, 2.45) is 0 Å². The van der Waals surface area contributed by atoms with Crippen molar-refractivity contribution < 1.29 is 14.2 Å². The van der Waals surface area contributed by atoms with Crippen LogP contribution in [-0.2, 0) is 26.2 Å². The number of halogens is 1. The number of hydrogen-bond donors (Lipinski definition) is 1. The van der Waals surface area contributed by atoms with E-state index in [1.807, 2.05) is 24.3 Å². The number of aliphatic hydroxyl groups is 1. The fourth-order valence-corrected chi connectivity index (χ4v) is 4.85. The third kappa shape index (κ3) is 4.09. The number of allylic oxidation sites excluding steroid dienone is 1. The minimum absolute atomic E-state index is 0.0510. The lowest BCUT2D eigenvalue weighted by molar-refractivity contribution is 0.283. The Balaban J connectivity index is 1.60. The summed E-state index contributed by atoms with van der Waals surface area (Å²) in [6.45, 7) is 4.75. The maximum absolute atomic E-state index is 13.9. The van der Waals surface area contributed by atoms with E-state index in [0.29, 0.717) is 17.9 Å². The van der Waals surface area contributed by atoms with Crippen molar-refractivity contribution in [2.75, 3.05) is 0 Å². The third-order valence-electron chi connectivity index (χ3n) is 6.50. The molecule has 1 aromatic heterocycles. The molecule has 3 aromatic carbocycles. The molecule has 0 radical (unpaired) electrons. The van der Waals surface area contributed by atoms with Gasteiger partial charge in [-0.15, -0.1) is 0 Å². The normalized spacial score (nSPS) is 14.0. The summed E-state index contributed by atoms with van der Waals surface area (Å²) in [4.78, 5) is 4.85. The van der Waals surface area contributed by atoms with Gasteiger partial charge in [-0.2, -0.15) is 5.26 Å². The molecule has 0 atom stereocenters. The summed E-state index contributed by atoms with van der Waals surface area (Å²) in [5, 5.41) is 19.5. The molecular weight excluding hydrogens is 441 g/mol. The van der Waals surface area contributed by atoms with Gasteiger partial charge in [-0.25, -0.2) is 9.37 Å². The van der Waals surface area contributed by atoms with Crippen LogP contribution >= 0.6 is 0 Å². The van der Waals surface area contributed by atoms with Gasteiger partial charge in [0.2, 0.25) is 0 Å². The Hall–Kier alpha value is -3.95. The van der Waals surface area contributed by atoms with E-state index >= 15 is 0 Å². The summed E-state index contributed by atoms with van der Waals surface area (Å²) in [5.41, 5.74) is 7.64. The fraction of sp³-hybridized carbons (Fsp3) is 0.241. The van der Waals surface area contributed by atoms with E-state index < -0.39 is 0 Å². The lowest BCUT2D eigenvalue weighted by atomic mass is 9.90. The largest absolute Gasteiger partial charge is 0.488 e. The van der Waals surface area contributed by atoms with Crippen molar-refractivity contribution >= 4 is 16.6 Å². The molecule has 5 nitrogen and oxygen atoms in total. The molecule has 2 heterocycles. The summed E-state index contributed by atoms with van der Waals surface area (Å²) in [6.07, 6.45) is 1.80. The molecule has 1 aliphatic heterocycles. The van der Waals surface area contributed by atoms with Gasteiger partial charge in [0.25, 0.3) is 0 Å². The van der Waals surface area contributed by atoms with Crippen molar-refractivity contribution in [1.29, 1.82) is 5.26 Å². The predicted molar refractivity (Wildman–Crippen MR) is 133 cm³/mol. The zero-order valence-corrected chi connectivity index (χ0v) is 19.8. The van der Waals surface area contributed by atoms with Gasteiger partial charge in [0.15, 0.2) is 0 Å². The molecule has 5 rings (SSSR count). The number of benzene rings is 3. The first-order valence-corrected chi connectivity index (χ1v) is 11.8. The Morgan fingerprint density at radius 2 is 2.00 bits per heavy atom. The molecule has 1 N–H and O–H groups in total. The second-order valence-electron chi connectivity index (χ2n) is 8.84. The van der Waals surface area contributed by atoms with E-state index in [-0.39, 0.29) is 19.0 Å². The Bertz CT molecular complexity index is 1510. The summed E-state index contributed by atoms with van der Waals surface area (Å²) in [6, 6.07) is 18.8. The molecule has 1 aliphatic rings. The van der Waals surface area contributed by atoms with Gasteiger partial charge in [-0.3, -0.25) is 0 Å². The van der Waals surface area contributed by atoms with Gasteiger partial charge in [0.05, 0.1) is 23.7 Å². The Labute approximate surface area is 203 Å². The van der Waals surface area contributed by atoms with Gasteiger partial charge in [-0.1, -0.05) is 31.2 Å². The number of rotatable bonds is 5. The molecule has 4 aromatic rings. The minimum Gasteiger partial charge on any atom is -0.488 e. The van der Waals surface area contributed by atoms with Crippen molar-refractivity contribution in [3.8, 4) is 11.8 Å². The highest BCUT2D eigenvalue weighted by molar-refractivity contribution is 5.88. The maximum Gasteiger partial charge on any atom is 0.130 e. The van der Waals surface area contributed by atoms with Crippen molar-refractivity contribution in [2.45, 2.75) is 46.4 Å². The van der Waals surface area contributed by atoms with Crippen LogP contribution in [0, 0.1) is 17.1 Å². The smallest absolute Gasteiger partial charge is 0.130 e. The van der Waals surface area contributed by atoms with Crippen LogP contribution in [0.4, 0.5) is 4.39 Å². The number of ether oxygens (including phenoxy) is 1. The molecule has 0 saturated heterocycles. The average Bonchev–Trinajstić information content (AvgIpc) is 3.12. The molecule has 176 valence electrons. The molecule has 0 spiro atoms. The number of aryl methyl sites for hydroxylation is 1. The number of para-hydroxylation sites is 1. The van der Waals surface area contributed by atoms with Crippen molar-refractivity contribution in [3.63, 3.8) is 0 Å². The molecule has 0 unspecified atom stereocenters. The number of hydrogen-bond acceptors (Lipinski definition) is 4. The molecule has 0 aliphatic carbocycles. The fourth-order valence-electron chi connectivity index (χ4n) is 4.85. The number of imidazole rings is 1. The quantitative estimate of drug-likeness (QED) is 0.371. The van der Waals surface area contributed by atoms with Crippen LogP contribution in [0.1, 0.15) is 53.9 Å². The number of nitriles is 1. The van der Waals surface area contributed by atoms with Gasteiger partial charge >= 0.3 is 0 Å². The van der Waals surface area contributed by atoms with Gasteiger partial charge in [0.1, 0.15) is 24.0 Å². The molecule has 0 fully saturated rings. The van der Waals surface area contributed by atoms with E-state index in [9.17, 15) is 14.8 Å². The lowest BCUT2D eigenvalue weighted by Crippen LogP contribution is -2.06. The Morgan fingerprint density at radius 3 is 2.77 bits per heavy atom. The summed E-state index contributed by atoms with van der Waals surface area (Å²) in [7, 11) is 0. The Kier molecular flexibility index (Phi) is 6.10. The highest BCUT2D eigenvalue weighted by Gasteiger charge is 2.23. The van der Waals surface area contributed by atoms with E-state index in [2.05, 4.69) is 29.7 Å². The van der Waals surface area contributed by atoms with Crippen molar-refractivity contribution in [1.82, 2.24) is 9.55 Å². The van der Waals surface area contributed by atoms with Gasteiger partial charge in [-0.05, 0) is 54.3 Å². The molecule has 0 saturated carbocycles. The number of fused-ring (bicyclic) bond motifs is 3. The van der Waals surface area contributed by atoms with E-state index in [1.54, 1.807) is 13.0 Å². The second kappa shape index (κ2) is 9.36. The second-order valence-corrected chi connectivity index (χ2v) is 8.84. The predicted octanol–water partition coefficient (Wildman–Crippen LogP) is 5.91. The molecule has 0 bridgehead atoms. The number of aliphatic hydroxyl groups excluding tert-OH is 1. The van der Waals surface area contributed by atoms with Gasteiger partial charge in [0, 0.05) is 41.3 Å². The number of nitrogens with zero attached hydrogens (tertiary/aromatic N) is 3. The van der Waals surface area contributed by atoms with E-state index in [4.69, 9.17) is 9.72 Å². The minimum atomic E-state index is -0.373. The average molecular weight is 468 g/mol. The standard InChI is InChI=1S/C29H26FN3O2/c1-3-5-27-32-29-20(16-34)6-4-7-25(29)33(27)15-19-8-10-23-21(12-19)17-35-26-13-22(30)9-11-24(26)28(23)18(2)14-31/h4,6-13,34H,3,5,15-17H2,1-2H3. The maximum atomic E-state index is 13.9. The lowest BCUT2D eigenvalue weighted by Gasteiger charge is -2.14. The van der Waals surface area contributed by atoms with E-state index in [1.165, 1.54) is 12.1 Å². The zero-order valence-electron chi connectivity index (χ0n) is 19.8. The first-order valence-electron chi connectivity index (χ1n) is 11.8. The molecular formula is C29H26FN3O2. The van der Waals surface area contributed by atoms with Crippen LogP contribution in [0.25, 0.3) is 16.6 Å². The van der Waals surface area contributed by atoms with Crippen LogP contribution in [0.5, 0.6) is 5.75 Å². The SMILES string of the molecule is CCCc1nc2c(CO)cccc2n1Cc1ccc2c(c1)COc1cc(F)ccc1C2=C(C)C#N. The highest BCUT2D eigenvalue weighted by Crippen LogP contribution is 2.39. The van der Waals surface area contributed by atoms with E-state index in [0.717, 1.165) is 63.1 Å². The van der Waals surface area contributed by atoms with Crippen LogP contribution in [0.15, 0.2) is 60.2 Å². The third-order valence-corrected chi connectivity index (χ3v) is 6.50. The first kappa shape index (κ1) is 22.8. The Morgan fingerprint density at radius 1 is 1.17 bits per heavy atom. The summed E-state index contributed by atoms with van der Waals surface area (Å²) >= 11 is 0. The van der Waals surface area contributed by atoms with Crippen LogP contribution in [-0.4, -0.2) is 14.7 Å². The van der Waals surface area contributed by atoms with Crippen LogP contribution < -0.4 is 4.74 Å². The monoisotopic (exact) mass is 467 g/mol. The first-order chi connectivity index (χ1) is 17.0. The summed E-state index contributed by atoms with van der Waals surface area (Å²) < 4.78 is 22.1. The van der Waals surface area contributed by atoms with Crippen molar-refractivity contribution in [3.05, 3.63) is 99.6 Å². The zero-order chi connectivity index (χ0) is 24.5. The molecule has 6 heteroatoms. The van der Waals surface area contributed by atoms with Crippen LogP contribution in [0.3, 0.4) is 0 Å². The topological polar surface area (TPSA) is 71.1 Å². The van der Waals surface area contributed by atoms with Crippen LogP contribution in [0.2, 0.25) is 0 Å².